The molecule has 0 aliphatic rings. The first-order valence-electron chi connectivity index (χ1n) is 6.67. The molecule has 0 unspecified atom stereocenters. The van der Waals surface area contributed by atoms with Gasteiger partial charge >= 0.3 is 0 Å². The van der Waals surface area contributed by atoms with Gasteiger partial charge in [-0.3, -0.25) is 4.79 Å². The summed E-state index contributed by atoms with van der Waals surface area (Å²) in [6, 6.07) is 7.64. The van der Waals surface area contributed by atoms with Crippen LogP contribution in [0.1, 0.15) is 0 Å². The lowest BCUT2D eigenvalue weighted by molar-refractivity contribution is -0.116. The topological polar surface area (TPSA) is 66.5 Å². The number of carbonyl (C=O) groups excluding carboxylic acids is 1. The first kappa shape index (κ1) is 18.3. The normalized spacial score (nSPS) is 11.5. The molecule has 1 amide bonds. The number of rotatable bonds is 5. The molecular formula is C15H13ClF2N2O3S. The van der Waals surface area contributed by atoms with Crippen LogP contribution in [-0.2, 0) is 14.8 Å². The van der Waals surface area contributed by atoms with Crippen molar-refractivity contribution in [3.05, 3.63) is 59.1 Å². The lowest BCUT2D eigenvalue weighted by Gasteiger charge is -2.17. The van der Waals surface area contributed by atoms with Crippen LogP contribution >= 0.6 is 11.6 Å². The molecule has 2 aromatic rings. The van der Waals surface area contributed by atoms with E-state index in [1.807, 2.05) is 0 Å². The molecule has 5 nitrogen and oxygen atoms in total. The molecule has 0 bridgehead atoms. The number of benzene rings is 2. The van der Waals surface area contributed by atoms with Gasteiger partial charge in [0, 0.05) is 7.05 Å². The van der Waals surface area contributed by atoms with Crippen molar-refractivity contribution < 1.29 is 22.0 Å². The summed E-state index contributed by atoms with van der Waals surface area (Å²) in [5.41, 5.74) is 0.163. The van der Waals surface area contributed by atoms with Gasteiger partial charge in [0.25, 0.3) is 0 Å². The second-order valence-electron chi connectivity index (χ2n) is 4.89. The molecule has 2 aromatic carbocycles. The Labute approximate surface area is 142 Å². The number of carbonyl (C=O) groups is 1. The Hall–Kier alpha value is -2.03. The fourth-order valence-corrected chi connectivity index (χ4v) is 3.20. The molecule has 0 heterocycles. The van der Waals surface area contributed by atoms with Gasteiger partial charge in [0.1, 0.15) is 11.6 Å². The van der Waals surface area contributed by atoms with Crippen molar-refractivity contribution in [1.29, 1.82) is 0 Å². The summed E-state index contributed by atoms with van der Waals surface area (Å²) in [5.74, 6) is -1.79. The van der Waals surface area contributed by atoms with E-state index in [0.29, 0.717) is 0 Å². The van der Waals surface area contributed by atoms with Gasteiger partial charge in [0.05, 0.1) is 22.2 Å². The quantitative estimate of drug-likeness (QED) is 0.875. The van der Waals surface area contributed by atoms with Gasteiger partial charge in [-0.15, -0.1) is 0 Å². The molecule has 0 aliphatic carbocycles. The highest BCUT2D eigenvalue weighted by atomic mass is 35.5. The molecule has 0 atom stereocenters. The second-order valence-corrected chi connectivity index (χ2v) is 7.34. The largest absolute Gasteiger partial charge is 0.324 e. The molecule has 0 aromatic heterocycles. The van der Waals surface area contributed by atoms with E-state index in [1.165, 1.54) is 13.1 Å². The van der Waals surface area contributed by atoms with Crippen LogP contribution in [0, 0.1) is 11.6 Å². The molecule has 2 rings (SSSR count). The Morgan fingerprint density at radius 1 is 1.12 bits per heavy atom. The van der Waals surface area contributed by atoms with Crippen molar-refractivity contribution in [1.82, 2.24) is 4.31 Å². The maximum absolute atomic E-state index is 13.0. The third kappa shape index (κ3) is 4.28. The first-order valence-corrected chi connectivity index (χ1v) is 8.49. The summed E-state index contributed by atoms with van der Waals surface area (Å²) < 4.78 is 51.2. The predicted octanol–water partition coefficient (Wildman–Crippen LogP) is 2.88. The minimum absolute atomic E-state index is 0.00704. The van der Waals surface area contributed by atoms with Gasteiger partial charge in [-0.1, -0.05) is 11.6 Å². The summed E-state index contributed by atoms with van der Waals surface area (Å²) in [6.45, 7) is -0.493. The van der Waals surface area contributed by atoms with E-state index in [0.717, 1.165) is 40.7 Å². The predicted molar refractivity (Wildman–Crippen MR) is 86.3 cm³/mol. The Morgan fingerprint density at radius 3 is 2.29 bits per heavy atom. The van der Waals surface area contributed by atoms with Gasteiger partial charge in [0.15, 0.2) is 0 Å². The van der Waals surface area contributed by atoms with E-state index in [4.69, 9.17) is 11.6 Å². The van der Waals surface area contributed by atoms with Crippen molar-refractivity contribution in [2.45, 2.75) is 4.90 Å². The van der Waals surface area contributed by atoms with E-state index in [2.05, 4.69) is 5.32 Å². The third-order valence-corrected chi connectivity index (χ3v) is 5.22. The molecule has 0 spiro atoms. The van der Waals surface area contributed by atoms with E-state index in [9.17, 15) is 22.0 Å². The number of halogens is 3. The van der Waals surface area contributed by atoms with Crippen LogP contribution in [0.15, 0.2) is 47.4 Å². The molecule has 1 N–H and O–H groups in total. The first-order chi connectivity index (χ1) is 11.2. The van der Waals surface area contributed by atoms with Crippen molar-refractivity contribution >= 4 is 33.2 Å². The fraction of sp³-hybridized carbons (Fsp3) is 0.133. The minimum Gasteiger partial charge on any atom is -0.324 e. The van der Waals surface area contributed by atoms with Crippen molar-refractivity contribution in [2.75, 3.05) is 18.9 Å². The van der Waals surface area contributed by atoms with Crippen LogP contribution in [0.3, 0.4) is 0 Å². The Kier molecular flexibility index (Phi) is 5.53. The Bertz CT molecular complexity index is 858. The van der Waals surface area contributed by atoms with Crippen LogP contribution in [0.2, 0.25) is 5.02 Å². The number of sulfonamides is 1. The van der Waals surface area contributed by atoms with E-state index < -0.39 is 34.1 Å². The fourth-order valence-electron chi connectivity index (χ4n) is 1.85. The van der Waals surface area contributed by atoms with Gasteiger partial charge < -0.3 is 5.32 Å². The Morgan fingerprint density at radius 2 is 1.71 bits per heavy atom. The summed E-state index contributed by atoms with van der Waals surface area (Å²) in [4.78, 5) is 11.8. The molecule has 0 saturated heterocycles. The van der Waals surface area contributed by atoms with Gasteiger partial charge in [0.2, 0.25) is 15.9 Å². The number of nitrogens with zero attached hydrogens (tertiary/aromatic N) is 1. The molecule has 128 valence electrons. The third-order valence-electron chi connectivity index (χ3n) is 3.09. The number of likely N-dealkylation sites (N-methyl/N-ethyl adjacent to an activating group) is 1. The van der Waals surface area contributed by atoms with E-state index in [1.54, 1.807) is 0 Å². The highest BCUT2D eigenvalue weighted by Gasteiger charge is 2.23. The van der Waals surface area contributed by atoms with Crippen LogP contribution in [0.25, 0.3) is 0 Å². The average Bonchev–Trinajstić information content (AvgIpc) is 2.50. The summed E-state index contributed by atoms with van der Waals surface area (Å²) >= 11 is 5.79. The van der Waals surface area contributed by atoms with E-state index in [-0.39, 0.29) is 15.6 Å². The highest BCUT2D eigenvalue weighted by Crippen LogP contribution is 2.22. The standard InChI is InChI=1S/C15H13ClF2N2O3S/c1-20(24(22,23)12-5-2-10(17)3-6-12)9-15(21)19-14-7-4-11(18)8-13(14)16/h2-8H,9H2,1H3,(H,19,21). The molecule has 24 heavy (non-hydrogen) atoms. The van der Waals surface area contributed by atoms with Crippen LogP contribution in [-0.4, -0.2) is 32.2 Å². The summed E-state index contributed by atoms with van der Waals surface area (Å²) in [6.07, 6.45) is 0. The SMILES string of the molecule is CN(CC(=O)Nc1ccc(F)cc1Cl)S(=O)(=O)c1ccc(F)cc1. The van der Waals surface area contributed by atoms with Crippen LogP contribution < -0.4 is 5.32 Å². The zero-order valence-electron chi connectivity index (χ0n) is 12.5. The molecule has 0 saturated carbocycles. The maximum Gasteiger partial charge on any atom is 0.243 e. The number of amides is 1. The zero-order chi connectivity index (χ0) is 17.9. The number of nitrogens with one attached hydrogen (secondary N) is 1. The lowest BCUT2D eigenvalue weighted by Crippen LogP contribution is -2.35. The summed E-state index contributed by atoms with van der Waals surface area (Å²) in [5, 5.41) is 2.39. The molecule has 0 fully saturated rings. The van der Waals surface area contributed by atoms with Crippen molar-refractivity contribution in [3.63, 3.8) is 0 Å². The summed E-state index contributed by atoms with van der Waals surface area (Å²) in [7, 11) is -2.73. The van der Waals surface area contributed by atoms with Crippen molar-refractivity contribution in [2.24, 2.45) is 0 Å². The number of anilines is 1. The van der Waals surface area contributed by atoms with Gasteiger partial charge in [-0.2, -0.15) is 4.31 Å². The molecule has 0 aliphatic heterocycles. The van der Waals surface area contributed by atoms with Gasteiger partial charge in [-0.25, -0.2) is 17.2 Å². The highest BCUT2D eigenvalue weighted by molar-refractivity contribution is 7.89. The van der Waals surface area contributed by atoms with E-state index >= 15 is 0 Å². The maximum atomic E-state index is 13.0. The number of hydrogen-bond donors (Lipinski definition) is 1. The van der Waals surface area contributed by atoms with Crippen LogP contribution in [0.4, 0.5) is 14.5 Å². The lowest BCUT2D eigenvalue weighted by atomic mass is 10.3. The number of hydrogen-bond acceptors (Lipinski definition) is 3. The minimum atomic E-state index is -3.95. The molecular weight excluding hydrogens is 362 g/mol. The van der Waals surface area contributed by atoms with Gasteiger partial charge in [-0.05, 0) is 42.5 Å². The van der Waals surface area contributed by atoms with Crippen LogP contribution in [0.5, 0.6) is 0 Å². The monoisotopic (exact) mass is 374 g/mol. The molecule has 0 radical (unpaired) electrons. The second kappa shape index (κ2) is 7.25. The molecule has 9 heteroatoms. The smallest absolute Gasteiger partial charge is 0.243 e. The zero-order valence-corrected chi connectivity index (χ0v) is 14.0. The van der Waals surface area contributed by atoms with Crippen molar-refractivity contribution in [3.8, 4) is 0 Å². The Balaban J connectivity index is 2.09. The average molecular weight is 375 g/mol.